The molecule has 3 heterocycles. The average molecular weight is 371 g/mol. The Morgan fingerprint density at radius 2 is 2.08 bits per heavy atom. The molecule has 0 bridgehead atoms. The Hall–Kier alpha value is -1.26. The second-order valence-corrected chi connectivity index (χ2v) is 8.36. The molecule has 2 aromatic heterocycles. The maximum absolute atomic E-state index is 12.3. The highest BCUT2D eigenvalue weighted by atomic mass is 32.2. The minimum absolute atomic E-state index is 0.311. The van der Waals surface area contributed by atoms with Crippen molar-refractivity contribution in [1.29, 1.82) is 0 Å². The standard InChI is InChI=1S/C15H22N4O3S2/c1-12-15(14-4-3-11-23-14)13(2)19(17-12)6-5-16-24(20,21)18-7-9-22-10-8-18/h3-4,11,16H,5-10H2,1-2H3. The summed E-state index contributed by atoms with van der Waals surface area (Å²) in [4.78, 5) is 1.19. The second-order valence-electron chi connectivity index (χ2n) is 5.66. The summed E-state index contributed by atoms with van der Waals surface area (Å²) in [6, 6.07) is 4.10. The summed E-state index contributed by atoms with van der Waals surface area (Å²) >= 11 is 1.68. The zero-order chi connectivity index (χ0) is 17.2. The molecule has 1 aliphatic heterocycles. The lowest BCUT2D eigenvalue weighted by molar-refractivity contribution is 0.0725. The van der Waals surface area contributed by atoms with Gasteiger partial charge in [-0.05, 0) is 25.3 Å². The van der Waals surface area contributed by atoms with E-state index in [-0.39, 0.29) is 0 Å². The SMILES string of the molecule is Cc1nn(CCNS(=O)(=O)N2CCOCC2)c(C)c1-c1cccs1. The maximum atomic E-state index is 12.3. The van der Waals surface area contributed by atoms with Crippen LogP contribution in [0.5, 0.6) is 0 Å². The number of rotatable bonds is 6. The van der Waals surface area contributed by atoms with Gasteiger partial charge in [0.2, 0.25) is 0 Å². The van der Waals surface area contributed by atoms with Gasteiger partial charge in [-0.15, -0.1) is 11.3 Å². The van der Waals surface area contributed by atoms with Crippen LogP contribution in [0, 0.1) is 13.8 Å². The van der Waals surface area contributed by atoms with E-state index in [0.717, 1.165) is 17.0 Å². The van der Waals surface area contributed by atoms with Gasteiger partial charge in [0.1, 0.15) is 0 Å². The number of ether oxygens (including phenoxy) is 1. The molecule has 132 valence electrons. The molecule has 24 heavy (non-hydrogen) atoms. The highest BCUT2D eigenvalue weighted by Gasteiger charge is 2.23. The molecule has 0 atom stereocenters. The minimum atomic E-state index is -3.45. The Kier molecular flexibility index (Phi) is 5.36. The molecule has 0 radical (unpaired) electrons. The zero-order valence-corrected chi connectivity index (χ0v) is 15.5. The molecule has 0 saturated carbocycles. The summed E-state index contributed by atoms with van der Waals surface area (Å²) in [5, 5.41) is 6.60. The fourth-order valence-electron chi connectivity index (χ4n) is 2.85. The first-order chi connectivity index (χ1) is 11.5. The van der Waals surface area contributed by atoms with Crippen molar-refractivity contribution >= 4 is 21.5 Å². The van der Waals surface area contributed by atoms with Crippen molar-refractivity contribution in [1.82, 2.24) is 18.8 Å². The van der Waals surface area contributed by atoms with Crippen LogP contribution in [0.25, 0.3) is 10.4 Å². The van der Waals surface area contributed by atoms with Gasteiger partial charge < -0.3 is 4.74 Å². The van der Waals surface area contributed by atoms with Crippen LogP contribution in [-0.4, -0.2) is 55.4 Å². The monoisotopic (exact) mass is 370 g/mol. The predicted molar refractivity (Wildman–Crippen MR) is 94.3 cm³/mol. The molecule has 9 heteroatoms. The third kappa shape index (κ3) is 3.70. The first-order valence-electron chi connectivity index (χ1n) is 7.89. The van der Waals surface area contributed by atoms with E-state index in [1.807, 2.05) is 30.0 Å². The van der Waals surface area contributed by atoms with Crippen LogP contribution in [0.15, 0.2) is 17.5 Å². The number of morpholine rings is 1. The number of aromatic nitrogens is 2. The Morgan fingerprint density at radius 3 is 2.75 bits per heavy atom. The summed E-state index contributed by atoms with van der Waals surface area (Å²) in [5.74, 6) is 0. The van der Waals surface area contributed by atoms with Crippen LogP contribution >= 0.6 is 11.3 Å². The molecule has 0 aromatic carbocycles. The Morgan fingerprint density at radius 1 is 1.33 bits per heavy atom. The molecule has 0 spiro atoms. The molecule has 0 aliphatic carbocycles. The van der Waals surface area contributed by atoms with Crippen molar-refractivity contribution in [2.24, 2.45) is 0 Å². The number of hydrogen-bond acceptors (Lipinski definition) is 5. The van der Waals surface area contributed by atoms with Gasteiger partial charge in [0, 0.05) is 35.8 Å². The highest BCUT2D eigenvalue weighted by molar-refractivity contribution is 7.87. The summed E-state index contributed by atoms with van der Waals surface area (Å²) in [6.07, 6.45) is 0. The van der Waals surface area contributed by atoms with Gasteiger partial charge in [-0.25, -0.2) is 4.72 Å². The normalized spacial score (nSPS) is 16.6. The van der Waals surface area contributed by atoms with E-state index in [1.165, 1.54) is 9.18 Å². The number of nitrogens with one attached hydrogen (secondary N) is 1. The molecule has 1 saturated heterocycles. The topological polar surface area (TPSA) is 76.5 Å². The van der Waals surface area contributed by atoms with Gasteiger partial charge in [0.25, 0.3) is 10.2 Å². The largest absolute Gasteiger partial charge is 0.379 e. The van der Waals surface area contributed by atoms with Gasteiger partial charge in [-0.2, -0.15) is 17.8 Å². The lowest BCUT2D eigenvalue weighted by Crippen LogP contribution is -2.47. The van der Waals surface area contributed by atoms with Gasteiger partial charge in [0.05, 0.1) is 25.5 Å². The fraction of sp³-hybridized carbons (Fsp3) is 0.533. The minimum Gasteiger partial charge on any atom is -0.379 e. The summed E-state index contributed by atoms with van der Waals surface area (Å²) < 4.78 is 35.6. The Balaban J connectivity index is 1.64. The molecule has 0 amide bonds. The van der Waals surface area contributed by atoms with Crippen molar-refractivity contribution < 1.29 is 13.2 Å². The zero-order valence-electron chi connectivity index (χ0n) is 13.9. The van der Waals surface area contributed by atoms with Gasteiger partial charge in [-0.1, -0.05) is 6.07 Å². The quantitative estimate of drug-likeness (QED) is 0.834. The summed E-state index contributed by atoms with van der Waals surface area (Å²) in [5.41, 5.74) is 3.16. The summed E-state index contributed by atoms with van der Waals surface area (Å²) in [6.45, 7) is 6.51. The smallest absolute Gasteiger partial charge is 0.279 e. The molecule has 0 unspecified atom stereocenters. The maximum Gasteiger partial charge on any atom is 0.279 e. The molecule has 1 N–H and O–H groups in total. The van der Waals surface area contributed by atoms with Crippen LogP contribution in [0.2, 0.25) is 0 Å². The number of thiophene rings is 1. The van der Waals surface area contributed by atoms with Crippen LogP contribution in [0.1, 0.15) is 11.4 Å². The van der Waals surface area contributed by atoms with Crippen LogP contribution < -0.4 is 4.72 Å². The molecule has 1 aliphatic rings. The van der Waals surface area contributed by atoms with Gasteiger partial charge in [-0.3, -0.25) is 4.68 Å². The van der Waals surface area contributed by atoms with E-state index in [4.69, 9.17) is 4.74 Å². The van der Waals surface area contributed by atoms with Gasteiger partial charge in [0.15, 0.2) is 0 Å². The second kappa shape index (κ2) is 7.32. The third-order valence-electron chi connectivity index (χ3n) is 4.07. The van der Waals surface area contributed by atoms with Gasteiger partial charge >= 0.3 is 0 Å². The van der Waals surface area contributed by atoms with Crippen LogP contribution in [-0.2, 0) is 21.5 Å². The van der Waals surface area contributed by atoms with E-state index in [9.17, 15) is 8.42 Å². The number of hydrogen-bond donors (Lipinski definition) is 1. The molecule has 1 fully saturated rings. The van der Waals surface area contributed by atoms with E-state index < -0.39 is 10.2 Å². The summed E-state index contributed by atoms with van der Waals surface area (Å²) in [7, 11) is -3.45. The van der Waals surface area contributed by atoms with E-state index >= 15 is 0 Å². The van der Waals surface area contributed by atoms with Crippen LogP contribution in [0.4, 0.5) is 0 Å². The van der Waals surface area contributed by atoms with Crippen molar-refractivity contribution in [2.45, 2.75) is 20.4 Å². The Labute approximate surface area is 146 Å². The lowest BCUT2D eigenvalue weighted by Gasteiger charge is -2.26. The lowest BCUT2D eigenvalue weighted by atomic mass is 10.1. The van der Waals surface area contributed by atoms with Crippen molar-refractivity contribution in [2.75, 3.05) is 32.8 Å². The highest BCUT2D eigenvalue weighted by Crippen LogP contribution is 2.30. The molecule has 3 rings (SSSR count). The molecule has 2 aromatic rings. The van der Waals surface area contributed by atoms with Crippen LogP contribution in [0.3, 0.4) is 0 Å². The fourth-order valence-corrected chi connectivity index (χ4v) is 4.89. The average Bonchev–Trinajstić information content (AvgIpc) is 3.17. The first kappa shape index (κ1) is 17.6. The van der Waals surface area contributed by atoms with E-state index in [1.54, 1.807) is 11.3 Å². The molecule has 7 nitrogen and oxygen atoms in total. The predicted octanol–water partition coefficient (Wildman–Crippen LogP) is 1.40. The number of aryl methyl sites for hydroxylation is 1. The van der Waals surface area contributed by atoms with Crippen molar-refractivity contribution in [3.05, 3.63) is 28.9 Å². The molecular formula is C15H22N4O3S2. The molecular weight excluding hydrogens is 348 g/mol. The number of nitrogens with zero attached hydrogens (tertiary/aromatic N) is 3. The first-order valence-corrected chi connectivity index (χ1v) is 10.2. The van der Waals surface area contributed by atoms with E-state index in [0.29, 0.717) is 39.4 Å². The van der Waals surface area contributed by atoms with Crippen molar-refractivity contribution in [3.63, 3.8) is 0 Å². The van der Waals surface area contributed by atoms with Crippen molar-refractivity contribution in [3.8, 4) is 10.4 Å². The third-order valence-corrected chi connectivity index (χ3v) is 6.57. The van der Waals surface area contributed by atoms with E-state index in [2.05, 4.69) is 15.9 Å². The Bertz CT molecular complexity index is 778.